The fourth-order valence-electron chi connectivity index (χ4n) is 12.0. The maximum Gasteiger partial charge on any atom is 0.415 e. The molecule has 8 unspecified atom stereocenters. The van der Waals surface area contributed by atoms with E-state index in [2.05, 4.69) is 44.2 Å². The lowest BCUT2D eigenvalue weighted by Gasteiger charge is -2.71. The number of nitrogens with zero attached hydrogens (tertiary/aromatic N) is 1. The zero-order valence-corrected chi connectivity index (χ0v) is 31.3. The predicted molar refractivity (Wildman–Crippen MR) is 207 cm³/mol. The van der Waals surface area contributed by atoms with Crippen molar-refractivity contribution in [2.75, 3.05) is 13.1 Å². The Morgan fingerprint density at radius 2 is 1.58 bits per heavy atom. The minimum absolute atomic E-state index is 0.00605. The number of ketones is 1. The largest absolute Gasteiger partial charge is 0.415 e. The number of hydrogen-bond acceptors (Lipinski definition) is 6. The summed E-state index contributed by atoms with van der Waals surface area (Å²) in [5, 5.41) is 27.2. The molecule has 8 atom stereocenters. The molecular weight excluding hydrogens is 667 g/mol. The quantitative estimate of drug-likeness (QED) is 0.147. The average molecular weight is 716 g/mol. The van der Waals surface area contributed by atoms with Crippen LogP contribution in [0, 0.1) is 33.5 Å². The van der Waals surface area contributed by atoms with Crippen molar-refractivity contribution in [1.82, 2.24) is 4.90 Å². The summed E-state index contributed by atoms with van der Waals surface area (Å²) < 4.78 is 7.09. The number of benzene rings is 3. The highest BCUT2D eigenvalue weighted by Crippen LogP contribution is 2.78. The highest BCUT2D eigenvalue weighted by molar-refractivity contribution is 7.21. The Kier molecular flexibility index (Phi) is 7.76. The first kappa shape index (κ1) is 34.0. The number of hydrogen-bond donors (Lipinski definition) is 2. The number of rotatable bonds is 7. The number of fused-ring (bicyclic) bond motifs is 3. The highest BCUT2D eigenvalue weighted by atomic mass is 32.1. The molecule has 4 aromatic rings. The van der Waals surface area contributed by atoms with Crippen molar-refractivity contribution in [3.05, 3.63) is 101 Å². The molecule has 1 amide bonds. The van der Waals surface area contributed by atoms with E-state index < -0.39 is 28.6 Å². The summed E-state index contributed by atoms with van der Waals surface area (Å²) >= 11 is 1.56. The van der Waals surface area contributed by atoms with Gasteiger partial charge in [0.1, 0.15) is 5.75 Å². The van der Waals surface area contributed by atoms with Crippen molar-refractivity contribution >= 4 is 44.1 Å². The number of Topliss-reactive ketones (excluding diaryl/α,β-unsaturated/α-hetero) is 1. The first-order valence-corrected chi connectivity index (χ1v) is 20.1. The lowest BCUT2D eigenvalue weighted by atomic mass is 9.32. The smallest absolute Gasteiger partial charge is 0.410 e. The highest BCUT2D eigenvalue weighted by Gasteiger charge is 2.74. The Hall–Kier alpha value is -3.78. The van der Waals surface area contributed by atoms with E-state index in [-0.39, 0.29) is 35.0 Å². The van der Waals surface area contributed by atoms with Gasteiger partial charge in [0, 0.05) is 33.1 Å². The molecule has 52 heavy (non-hydrogen) atoms. The molecule has 0 saturated heterocycles. The van der Waals surface area contributed by atoms with Crippen molar-refractivity contribution in [1.29, 1.82) is 0 Å². The number of carbonyl (C=O) groups excluding carboxylic acids is 2. The molecule has 2 spiro atoms. The molecule has 0 aliphatic heterocycles. The van der Waals surface area contributed by atoms with Crippen LogP contribution in [0.1, 0.15) is 81.8 Å². The monoisotopic (exact) mass is 715 g/mol. The Morgan fingerprint density at radius 3 is 2.37 bits per heavy atom. The van der Waals surface area contributed by atoms with Crippen LogP contribution in [-0.2, 0) is 0 Å². The minimum atomic E-state index is -1.16. The Labute approximate surface area is 310 Å². The van der Waals surface area contributed by atoms with Crippen LogP contribution in [0.5, 0.6) is 5.75 Å². The number of ether oxygens (including phenoxy) is 1. The van der Waals surface area contributed by atoms with Crippen molar-refractivity contribution < 1.29 is 24.5 Å². The second kappa shape index (κ2) is 11.9. The van der Waals surface area contributed by atoms with Crippen LogP contribution in [0.4, 0.5) is 4.79 Å². The number of allylic oxidation sites excluding steroid dienone is 4. The summed E-state index contributed by atoms with van der Waals surface area (Å²) in [4.78, 5) is 31.4. The molecule has 3 saturated carbocycles. The van der Waals surface area contributed by atoms with E-state index in [9.17, 15) is 15.0 Å². The van der Waals surface area contributed by atoms with Gasteiger partial charge in [-0.25, -0.2) is 4.79 Å². The van der Waals surface area contributed by atoms with Crippen LogP contribution in [0.2, 0.25) is 0 Å². The van der Waals surface area contributed by atoms with Gasteiger partial charge >= 0.3 is 6.09 Å². The van der Waals surface area contributed by atoms with Crippen LogP contribution < -0.4 is 4.74 Å². The molecule has 2 bridgehead atoms. The molecule has 1 heterocycles. The van der Waals surface area contributed by atoms with E-state index in [4.69, 9.17) is 4.74 Å². The molecule has 1 aromatic heterocycles. The number of aliphatic hydroxyl groups is 2. The molecule has 10 rings (SSSR count). The standard InChI is InChI=1S/C45H49NO5S/c1-4-23-46(40(49)51-33-14-13-29-9-5-6-10-30(29)24-33)28-44(50)20-17-38-42(44,3)19-16-37-41(2)18-15-32(47)26-43(41)21-22-45(37,38)34(27-43)39(48)36-25-31-11-7-8-12-35(31)52-36/h5-14,21-22,24-25,27,32,37-38,47,50H,4,15-20,23,26,28H2,1-3H3. The number of aliphatic hydroxyl groups excluding tert-OH is 1. The molecule has 6 aliphatic rings. The lowest BCUT2D eigenvalue weighted by Crippen LogP contribution is -2.67. The lowest BCUT2D eigenvalue weighted by molar-refractivity contribution is -0.175. The molecule has 6 nitrogen and oxygen atoms in total. The van der Waals surface area contributed by atoms with Gasteiger partial charge in [0.05, 0.1) is 23.1 Å². The summed E-state index contributed by atoms with van der Waals surface area (Å²) in [7, 11) is 0. The second-order valence-corrected chi connectivity index (χ2v) is 18.2. The zero-order chi connectivity index (χ0) is 36.1. The van der Waals surface area contributed by atoms with E-state index in [1.54, 1.807) is 16.2 Å². The van der Waals surface area contributed by atoms with Crippen molar-refractivity contribution in [3.63, 3.8) is 0 Å². The second-order valence-electron chi connectivity index (χ2n) is 17.1. The van der Waals surface area contributed by atoms with E-state index in [0.29, 0.717) is 25.1 Å². The van der Waals surface area contributed by atoms with Gasteiger partial charge in [-0.2, -0.15) is 0 Å². The molecule has 0 radical (unpaired) electrons. The van der Waals surface area contributed by atoms with Gasteiger partial charge in [-0.3, -0.25) is 4.79 Å². The van der Waals surface area contributed by atoms with E-state index in [0.717, 1.165) is 69.8 Å². The molecular formula is C45H49NO5S. The van der Waals surface area contributed by atoms with Crippen LogP contribution in [0.15, 0.2) is 96.6 Å². The van der Waals surface area contributed by atoms with E-state index in [1.165, 1.54) is 0 Å². The number of carbonyl (C=O) groups is 2. The summed E-state index contributed by atoms with van der Waals surface area (Å²) in [6.45, 7) is 7.34. The zero-order valence-electron chi connectivity index (χ0n) is 30.4. The van der Waals surface area contributed by atoms with Gasteiger partial charge in [-0.1, -0.05) is 87.5 Å². The van der Waals surface area contributed by atoms with Crippen LogP contribution in [-0.4, -0.2) is 51.8 Å². The van der Waals surface area contributed by atoms with E-state index >= 15 is 4.79 Å². The topological polar surface area (TPSA) is 87.1 Å². The summed E-state index contributed by atoms with van der Waals surface area (Å²) in [6.07, 6.45) is 12.2. The Bertz CT molecular complexity index is 2140. The van der Waals surface area contributed by atoms with Crippen molar-refractivity contribution in [3.8, 4) is 5.75 Å². The summed E-state index contributed by atoms with van der Waals surface area (Å²) in [5.41, 5.74) is -1.89. The maximum atomic E-state index is 15.0. The fraction of sp³-hybridized carbons (Fsp3) is 0.467. The molecule has 3 fully saturated rings. The minimum Gasteiger partial charge on any atom is -0.410 e. The third-order valence-electron chi connectivity index (χ3n) is 14.7. The first-order valence-electron chi connectivity index (χ1n) is 19.3. The number of amides is 1. The van der Waals surface area contributed by atoms with Crippen LogP contribution in [0.25, 0.3) is 20.9 Å². The first-order chi connectivity index (χ1) is 25.0. The Morgan fingerprint density at radius 1 is 0.865 bits per heavy atom. The summed E-state index contributed by atoms with van der Waals surface area (Å²) in [6, 6.07) is 23.9. The van der Waals surface area contributed by atoms with Crippen molar-refractivity contribution in [2.45, 2.75) is 83.8 Å². The van der Waals surface area contributed by atoms with Gasteiger partial charge in [-0.05, 0) is 109 Å². The molecule has 7 heteroatoms. The average Bonchev–Trinajstić information content (AvgIpc) is 3.69. The SMILES string of the molecule is CCCN(CC1(O)CCC2C34C=CC5(C=C3C(=O)c3cc6ccccc6s3)CC(O)CCC5(C)C4CCC21C)C(=O)Oc1ccc2ccccc2c1. The third-order valence-corrected chi connectivity index (χ3v) is 15.9. The van der Waals surface area contributed by atoms with Crippen LogP contribution >= 0.6 is 11.3 Å². The Balaban J connectivity index is 1.08. The summed E-state index contributed by atoms with van der Waals surface area (Å²) in [5.74, 6) is 0.792. The molecule has 6 aliphatic carbocycles. The number of thiophene rings is 1. The predicted octanol–water partition coefficient (Wildman–Crippen LogP) is 9.74. The normalized spacial score (nSPS) is 35.9. The van der Waals surface area contributed by atoms with Gasteiger partial charge in [-0.15, -0.1) is 11.3 Å². The molecule has 270 valence electrons. The van der Waals surface area contributed by atoms with E-state index in [1.807, 2.05) is 67.6 Å². The maximum absolute atomic E-state index is 15.0. The van der Waals surface area contributed by atoms with Gasteiger partial charge in [0.25, 0.3) is 0 Å². The van der Waals surface area contributed by atoms with Crippen LogP contribution in [0.3, 0.4) is 0 Å². The van der Waals surface area contributed by atoms with Gasteiger partial charge in [0.15, 0.2) is 5.78 Å². The van der Waals surface area contributed by atoms with Gasteiger partial charge < -0.3 is 19.8 Å². The van der Waals surface area contributed by atoms with Crippen molar-refractivity contribution in [2.24, 2.45) is 33.5 Å². The van der Waals surface area contributed by atoms with Gasteiger partial charge in [0.2, 0.25) is 0 Å². The fourth-order valence-corrected chi connectivity index (χ4v) is 13.1. The third kappa shape index (κ3) is 4.67. The molecule has 2 N–H and O–H groups in total. The molecule has 3 aromatic carbocycles.